The van der Waals surface area contributed by atoms with Gasteiger partial charge in [0.25, 0.3) is 0 Å². The first-order valence-corrected chi connectivity index (χ1v) is 7.37. The third-order valence-corrected chi connectivity index (χ3v) is 4.22. The van der Waals surface area contributed by atoms with Crippen molar-refractivity contribution in [2.45, 2.75) is 19.9 Å². The molecule has 1 N–H and O–H groups in total. The first-order chi connectivity index (χ1) is 8.40. The molecule has 0 radical (unpaired) electrons. The van der Waals surface area contributed by atoms with Crippen molar-refractivity contribution in [3.63, 3.8) is 0 Å². The van der Waals surface area contributed by atoms with Crippen LogP contribution in [0.1, 0.15) is 18.2 Å². The molecular weight excluding hydrogens is 246 g/mol. The highest BCUT2D eigenvalue weighted by Crippen LogP contribution is 2.29. The fraction of sp³-hybridized carbons (Fsp3) is 0.286. The van der Waals surface area contributed by atoms with Gasteiger partial charge >= 0.3 is 0 Å². The maximum absolute atomic E-state index is 3.41. The molecule has 1 nitrogen and oxygen atoms in total. The topological polar surface area (TPSA) is 12.0 Å². The molecule has 0 unspecified atom stereocenters. The van der Waals surface area contributed by atoms with Crippen LogP contribution in [0.25, 0.3) is 10.4 Å². The van der Waals surface area contributed by atoms with Crippen LogP contribution in [0.5, 0.6) is 0 Å². The summed E-state index contributed by atoms with van der Waals surface area (Å²) < 4.78 is 0. The van der Waals surface area contributed by atoms with Crippen molar-refractivity contribution in [1.82, 2.24) is 5.32 Å². The van der Waals surface area contributed by atoms with Crippen LogP contribution in [-0.2, 0) is 6.54 Å². The van der Waals surface area contributed by atoms with E-state index in [0.29, 0.717) is 0 Å². The Morgan fingerprint density at radius 1 is 1.35 bits per heavy atom. The molecular formula is C14H15NS2. The Labute approximate surface area is 111 Å². The van der Waals surface area contributed by atoms with E-state index in [0.717, 1.165) is 19.5 Å². The summed E-state index contributed by atoms with van der Waals surface area (Å²) in [5.41, 5.74) is 1.34. The van der Waals surface area contributed by atoms with Crippen LogP contribution in [0.2, 0.25) is 0 Å². The lowest BCUT2D eigenvalue weighted by atomic mass is 10.2. The van der Waals surface area contributed by atoms with E-state index in [1.807, 2.05) is 18.3 Å². The number of nitrogens with one attached hydrogen (secondary N) is 1. The van der Waals surface area contributed by atoms with Crippen LogP contribution in [-0.4, -0.2) is 6.54 Å². The fourth-order valence-electron chi connectivity index (χ4n) is 1.53. The average Bonchev–Trinajstić information content (AvgIpc) is 2.99. The molecule has 2 rings (SSSR count). The molecule has 2 aromatic heterocycles. The maximum atomic E-state index is 3.41. The second kappa shape index (κ2) is 6.61. The minimum Gasteiger partial charge on any atom is -0.311 e. The Kier molecular flexibility index (Phi) is 4.81. The highest BCUT2D eigenvalue weighted by molar-refractivity contribution is 7.14. The Hall–Kier alpha value is -1.08. The number of hydrogen-bond donors (Lipinski definition) is 1. The molecule has 0 saturated carbocycles. The van der Waals surface area contributed by atoms with Gasteiger partial charge in [0.1, 0.15) is 0 Å². The summed E-state index contributed by atoms with van der Waals surface area (Å²) >= 11 is 3.61. The second-order valence-electron chi connectivity index (χ2n) is 3.63. The Morgan fingerprint density at radius 2 is 2.29 bits per heavy atom. The lowest BCUT2D eigenvalue weighted by molar-refractivity contribution is 0.708. The van der Waals surface area contributed by atoms with Crippen LogP contribution >= 0.6 is 22.7 Å². The maximum Gasteiger partial charge on any atom is 0.0351 e. The molecule has 2 aromatic rings. The van der Waals surface area contributed by atoms with E-state index >= 15 is 0 Å². The van der Waals surface area contributed by atoms with E-state index in [1.165, 1.54) is 15.3 Å². The third kappa shape index (κ3) is 3.71. The first-order valence-electron chi connectivity index (χ1n) is 5.62. The van der Waals surface area contributed by atoms with E-state index in [9.17, 15) is 0 Å². The normalized spacial score (nSPS) is 9.94. The van der Waals surface area contributed by atoms with Crippen molar-refractivity contribution in [2.24, 2.45) is 0 Å². The molecule has 0 aliphatic heterocycles. The summed E-state index contributed by atoms with van der Waals surface area (Å²) in [4.78, 5) is 2.74. The Balaban J connectivity index is 1.84. The predicted molar refractivity (Wildman–Crippen MR) is 77.4 cm³/mol. The monoisotopic (exact) mass is 261 g/mol. The number of rotatable bonds is 5. The first kappa shape index (κ1) is 12.4. The van der Waals surface area contributed by atoms with Gasteiger partial charge in [0.05, 0.1) is 0 Å². The lowest BCUT2D eigenvalue weighted by Gasteiger charge is -1.98. The highest BCUT2D eigenvalue weighted by atomic mass is 32.1. The van der Waals surface area contributed by atoms with Gasteiger partial charge in [-0.25, -0.2) is 0 Å². The molecule has 0 atom stereocenters. The van der Waals surface area contributed by atoms with Crippen LogP contribution in [0.4, 0.5) is 0 Å². The van der Waals surface area contributed by atoms with Gasteiger partial charge in [-0.05, 0) is 29.8 Å². The fourth-order valence-corrected chi connectivity index (χ4v) is 3.18. The van der Waals surface area contributed by atoms with Gasteiger partial charge in [0.15, 0.2) is 0 Å². The van der Waals surface area contributed by atoms with E-state index in [-0.39, 0.29) is 0 Å². The average molecular weight is 261 g/mol. The summed E-state index contributed by atoms with van der Waals surface area (Å²) in [6, 6.07) is 6.54. The van der Waals surface area contributed by atoms with E-state index in [2.05, 4.69) is 46.1 Å². The smallest absolute Gasteiger partial charge is 0.0351 e. The van der Waals surface area contributed by atoms with Crippen molar-refractivity contribution in [3.8, 4) is 22.3 Å². The van der Waals surface area contributed by atoms with E-state index < -0.39 is 0 Å². The van der Waals surface area contributed by atoms with Gasteiger partial charge < -0.3 is 5.32 Å². The van der Waals surface area contributed by atoms with Crippen LogP contribution in [0.15, 0.2) is 29.0 Å². The molecule has 0 saturated heterocycles. The van der Waals surface area contributed by atoms with Crippen molar-refractivity contribution >= 4 is 22.7 Å². The van der Waals surface area contributed by atoms with Gasteiger partial charge in [-0.3, -0.25) is 0 Å². The van der Waals surface area contributed by atoms with Crippen molar-refractivity contribution in [3.05, 3.63) is 33.8 Å². The van der Waals surface area contributed by atoms with E-state index in [4.69, 9.17) is 0 Å². The molecule has 0 aliphatic rings. The number of hydrogen-bond acceptors (Lipinski definition) is 3. The lowest BCUT2D eigenvalue weighted by Crippen LogP contribution is -2.13. The highest BCUT2D eigenvalue weighted by Gasteiger charge is 2.02. The molecule has 0 spiro atoms. The van der Waals surface area contributed by atoms with Crippen LogP contribution < -0.4 is 5.32 Å². The van der Waals surface area contributed by atoms with Gasteiger partial charge in [0, 0.05) is 34.8 Å². The summed E-state index contributed by atoms with van der Waals surface area (Å²) in [7, 11) is 0. The largest absolute Gasteiger partial charge is 0.311 e. The Morgan fingerprint density at radius 3 is 3.06 bits per heavy atom. The van der Waals surface area contributed by atoms with Crippen molar-refractivity contribution in [1.29, 1.82) is 0 Å². The van der Waals surface area contributed by atoms with Gasteiger partial charge in [-0.15, -0.1) is 34.5 Å². The van der Waals surface area contributed by atoms with Gasteiger partial charge in [-0.2, -0.15) is 0 Å². The molecule has 17 heavy (non-hydrogen) atoms. The standard InChI is InChI=1S/C14H15NS2/c1-2-3-4-7-15-10-13-9-12(11-17-13)14-6-5-8-16-14/h5-6,8-9,11,15H,4,7,10H2,1H3. The molecule has 3 heteroatoms. The SMILES string of the molecule is CC#CCCNCc1cc(-c2cccs2)cs1. The summed E-state index contributed by atoms with van der Waals surface area (Å²) in [5, 5.41) is 7.76. The summed E-state index contributed by atoms with van der Waals surface area (Å²) in [5.74, 6) is 5.96. The van der Waals surface area contributed by atoms with Crippen molar-refractivity contribution in [2.75, 3.05) is 6.54 Å². The summed E-state index contributed by atoms with van der Waals surface area (Å²) in [6.07, 6.45) is 0.930. The molecule has 0 fully saturated rings. The summed E-state index contributed by atoms with van der Waals surface area (Å²) in [6.45, 7) is 3.79. The zero-order chi connectivity index (χ0) is 11.9. The Bertz CT molecular complexity index is 500. The van der Waals surface area contributed by atoms with Gasteiger partial charge in [-0.1, -0.05) is 6.07 Å². The predicted octanol–water partition coefficient (Wildman–Crippen LogP) is 3.98. The second-order valence-corrected chi connectivity index (χ2v) is 5.58. The molecule has 0 aliphatic carbocycles. The molecule has 0 aromatic carbocycles. The molecule has 2 heterocycles. The molecule has 0 bridgehead atoms. The van der Waals surface area contributed by atoms with Gasteiger partial charge in [0.2, 0.25) is 0 Å². The van der Waals surface area contributed by atoms with E-state index in [1.54, 1.807) is 11.3 Å². The number of thiophene rings is 2. The zero-order valence-electron chi connectivity index (χ0n) is 9.82. The quantitative estimate of drug-likeness (QED) is 0.634. The van der Waals surface area contributed by atoms with Crippen molar-refractivity contribution < 1.29 is 0 Å². The third-order valence-electron chi connectivity index (χ3n) is 2.36. The minimum atomic E-state index is 0.930. The molecule has 88 valence electrons. The molecule has 0 amide bonds. The minimum absolute atomic E-state index is 0.930. The zero-order valence-corrected chi connectivity index (χ0v) is 11.5. The van der Waals surface area contributed by atoms with Crippen LogP contribution in [0.3, 0.4) is 0 Å². The van der Waals surface area contributed by atoms with Crippen LogP contribution in [0, 0.1) is 11.8 Å².